The summed E-state index contributed by atoms with van der Waals surface area (Å²) >= 11 is 3.57. The second kappa shape index (κ2) is 4.32. The normalized spacial score (nSPS) is 32.4. The van der Waals surface area contributed by atoms with Crippen LogP contribution in [0.2, 0.25) is 0 Å². The van der Waals surface area contributed by atoms with Gasteiger partial charge in [-0.25, -0.2) is 0 Å². The molecule has 0 bridgehead atoms. The molecule has 1 N–H and O–H groups in total. The fourth-order valence-corrected chi connectivity index (χ4v) is 4.15. The number of nitrogens with zero attached hydrogens (tertiary/aromatic N) is 3. The maximum Gasteiger partial charge on any atom is 0.124 e. The van der Waals surface area contributed by atoms with Gasteiger partial charge in [0, 0.05) is 18.6 Å². The van der Waals surface area contributed by atoms with Crippen molar-refractivity contribution in [2.75, 3.05) is 13.1 Å². The van der Waals surface area contributed by atoms with Crippen LogP contribution in [-0.4, -0.2) is 38.9 Å². The number of fused-ring (bicyclic) bond motifs is 1. The van der Waals surface area contributed by atoms with Crippen molar-refractivity contribution in [2.24, 2.45) is 0 Å². The van der Waals surface area contributed by atoms with Crippen LogP contribution in [-0.2, 0) is 5.60 Å². The molecule has 0 aromatic carbocycles. The van der Waals surface area contributed by atoms with Gasteiger partial charge in [-0.05, 0) is 55.6 Å². The van der Waals surface area contributed by atoms with Crippen LogP contribution in [0.5, 0.6) is 0 Å². The molecular weight excluding hydrogens is 294 g/mol. The summed E-state index contributed by atoms with van der Waals surface area (Å²) in [5.41, 5.74) is 0.225. The molecule has 2 aliphatic rings. The van der Waals surface area contributed by atoms with Gasteiger partial charge in [-0.2, -0.15) is 5.10 Å². The maximum atomic E-state index is 11.2. The van der Waals surface area contributed by atoms with Crippen LogP contribution in [0.4, 0.5) is 0 Å². The van der Waals surface area contributed by atoms with Gasteiger partial charge in [-0.1, -0.05) is 0 Å². The summed E-state index contributed by atoms with van der Waals surface area (Å²) in [6, 6.07) is 0.536. The number of aliphatic hydroxyl groups is 1. The third kappa shape index (κ3) is 1.67. The van der Waals surface area contributed by atoms with E-state index in [2.05, 4.69) is 39.8 Å². The Bertz CT molecular complexity index is 459. The lowest BCUT2D eigenvalue weighted by Crippen LogP contribution is -2.41. The van der Waals surface area contributed by atoms with Gasteiger partial charge in [0.1, 0.15) is 5.60 Å². The first-order chi connectivity index (χ1) is 8.54. The highest BCUT2D eigenvalue weighted by Crippen LogP contribution is 2.45. The number of halogens is 1. The molecule has 18 heavy (non-hydrogen) atoms. The highest BCUT2D eigenvalue weighted by atomic mass is 79.9. The Morgan fingerprint density at radius 2 is 2.28 bits per heavy atom. The third-order valence-corrected chi connectivity index (χ3v) is 4.93. The Balaban J connectivity index is 2.06. The zero-order chi connectivity index (χ0) is 12.9. The van der Waals surface area contributed by atoms with E-state index >= 15 is 0 Å². The van der Waals surface area contributed by atoms with Gasteiger partial charge in [0.05, 0.1) is 16.4 Å². The lowest BCUT2D eigenvalue weighted by atomic mass is 9.89. The quantitative estimate of drug-likeness (QED) is 0.910. The maximum absolute atomic E-state index is 11.2. The molecular formula is C13H20BrN3O. The fraction of sp³-hybridized carbons (Fsp3) is 0.769. The Morgan fingerprint density at radius 1 is 1.50 bits per heavy atom. The zero-order valence-corrected chi connectivity index (χ0v) is 12.5. The molecule has 3 heterocycles. The zero-order valence-electron chi connectivity index (χ0n) is 10.9. The van der Waals surface area contributed by atoms with Crippen molar-refractivity contribution in [3.05, 3.63) is 16.4 Å². The van der Waals surface area contributed by atoms with Crippen LogP contribution in [0.15, 0.2) is 10.7 Å². The minimum Gasteiger partial charge on any atom is -0.382 e. The van der Waals surface area contributed by atoms with Gasteiger partial charge in [-0.3, -0.25) is 9.58 Å². The van der Waals surface area contributed by atoms with Crippen LogP contribution < -0.4 is 0 Å². The van der Waals surface area contributed by atoms with Gasteiger partial charge in [0.15, 0.2) is 0 Å². The molecule has 100 valence electrons. The van der Waals surface area contributed by atoms with E-state index in [0.717, 1.165) is 36.1 Å². The van der Waals surface area contributed by atoms with Crippen molar-refractivity contribution in [1.82, 2.24) is 14.7 Å². The van der Waals surface area contributed by atoms with E-state index in [-0.39, 0.29) is 12.1 Å². The van der Waals surface area contributed by atoms with E-state index in [4.69, 9.17) is 0 Å². The largest absolute Gasteiger partial charge is 0.382 e. The molecule has 0 amide bonds. The van der Waals surface area contributed by atoms with Gasteiger partial charge >= 0.3 is 0 Å². The average molecular weight is 314 g/mol. The number of aromatic nitrogens is 2. The Hall–Kier alpha value is -0.390. The number of hydrogen-bond donors (Lipinski definition) is 1. The molecule has 2 fully saturated rings. The number of hydrogen-bond acceptors (Lipinski definition) is 3. The summed E-state index contributed by atoms with van der Waals surface area (Å²) in [6.45, 7) is 6.33. The van der Waals surface area contributed by atoms with Crippen LogP contribution >= 0.6 is 15.9 Å². The fourth-order valence-electron chi connectivity index (χ4n) is 3.53. The first-order valence-electron chi connectivity index (χ1n) is 6.74. The number of rotatable bonds is 2. The molecule has 2 saturated heterocycles. The standard InChI is InChI=1S/C13H20BrN3O/c1-9(2)17-12(10(14)8-15-17)13(18)5-7-16-6-3-4-11(13)16/h8-9,11,18H,3-7H2,1-2H3. The topological polar surface area (TPSA) is 41.3 Å². The first-order valence-corrected chi connectivity index (χ1v) is 7.53. The molecule has 0 aliphatic carbocycles. The minimum absolute atomic E-state index is 0.267. The molecule has 2 atom stereocenters. The monoisotopic (exact) mass is 313 g/mol. The highest BCUT2D eigenvalue weighted by Gasteiger charge is 2.51. The molecule has 3 rings (SSSR count). The molecule has 1 aromatic heterocycles. The molecule has 2 aliphatic heterocycles. The first kappa shape index (κ1) is 12.6. The van der Waals surface area contributed by atoms with Crippen LogP contribution in [0.3, 0.4) is 0 Å². The Labute approximate surface area is 116 Å². The summed E-state index contributed by atoms with van der Waals surface area (Å²) in [7, 11) is 0. The van der Waals surface area contributed by atoms with Crippen molar-refractivity contribution in [2.45, 2.75) is 50.8 Å². The predicted molar refractivity (Wildman–Crippen MR) is 73.4 cm³/mol. The van der Waals surface area contributed by atoms with E-state index < -0.39 is 5.60 Å². The van der Waals surface area contributed by atoms with E-state index in [1.54, 1.807) is 0 Å². The predicted octanol–water partition coefficient (Wildman–Crippen LogP) is 2.28. The van der Waals surface area contributed by atoms with Crippen molar-refractivity contribution >= 4 is 15.9 Å². The van der Waals surface area contributed by atoms with Crippen LogP contribution in [0, 0.1) is 0 Å². The van der Waals surface area contributed by atoms with Gasteiger partial charge in [0.25, 0.3) is 0 Å². The second-order valence-electron chi connectivity index (χ2n) is 5.75. The Kier molecular flexibility index (Phi) is 3.03. The van der Waals surface area contributed by atoms with Crippen molar-refractivity contribution in [1.29, 1.82) is 0 Å². The van der Waals surface area contributed by atoms with E-state index in [9.17, 15) is 5.11 Å². The molecule has 0 spiro atoms. The minimum atomic E-state index is -0.740. The van der Waals surface area contributed by atoms with E-state index in [1.807, 2.05) is 10.9 Å². The lowest BCUT2D eigenvalue weighted by molar-refractivity contribution is -0.000449. The van der Waals surface area contributed by atoms with Crippen molar-refractivity contribution in [3.8, 4) is 0 Å². The molecule has 5 heteroatoms. The van der Waals surface area contributed by atoms with Gasteiger partial charge < -0.3 is 5.11 Å². The van der Waals surface area contributed by atoms with Gasteiger partial charge in [0.2, 0.25) is 0 Å². The van der Waals surface area contributed by atoms with E-state index in [0.29, 0.717) is 0 Å². The highest BCUT2D eigenvalue weighted by molar-refractivity contribution is 9.10. The van der Waals surface area contributed by atoms with Crippen LogP contribution in [0.25, 0.3) is 0 Å². The van der Waals surface area contributed by atoms with Crippen molar-refractivity contribution in [3.63, 3.8) is 0 Å². The van der Waals surface area contributed by atoms with Crippen LogP contribution in [0.1, 0.15) is 44.8 Å². The molecule has 0 radical (unpaired) electrons. The summed E-state index contributed by atoms with van der Waals surface area (Å²) in [5.74, 6) is 0. The van der Waals surface area contributed by atoms with Crippen molar-refractivity contribution < 1.29 is 5.11 Å². The second-order valence-corrected chi connectivity index (χ2v) is 6.60. The molecule has 4 nitrogen and oxygen atoms in total. The smallest absolute Gasteiger partial charge is 0.124 e. The molecule has 2 unspecified atom stereocenters. The van der Waals surface area contributed by atoms with E-state index in [1.165, 1.54) is 6.42 Å². The lowest BCUT2D eigenvalue weighted by Gasteiger charge is -2.31. The SMILES string of the molecule is CC(C)n1ncc(Br)c1C1(O)CCN2CCCC21. The summed E-state index contributed by atoms with van der Waals surface area (Å²) in [6.07, 6.45) is 4.91. The molecule has 0 saturated carbocycles. The molecule has 1 aromatic rings. The summed E-state index contributed by atoms with van der Waals surface area (Å²) < 4.78 is 2.90. The average Bonchev–Trinajstić information content (AvgIpc) is 2.96. The Morgan fingerprint density at radius 3 is 3.00 bits per heavy atom. The summed E-state index contributed by atoms with van der Waals surface area (Å²) in [5, 5.41) is 15.6. The third-order valence-electron chi connectivity index (χ3n) is 4.35. The van der Waals surface area contributed by atoms with Gasteiger partial charge in [-0.15, -0.1) is 0 Å². The summed E-state index contributed by atoms with van der Waals surface area (Å²) in [4.78, 5) is 2.42.